The van der Waals surface area contributed by atoms with Crippen LogP contribution in [0.4, 0.5) is 11.4 Å². The number of para-hydroxylation sites is 2. The summed E-state index contributed by atoms with van der Waals surface area (Å²) in [5.41, 5.74) is 2.15. The molecule has 0 aliphatic carbocycles. The van der Waals surface area contributed by atoms with Crippen molar-refractivity contribution in [2.24, 2.45) is 0 Å². The third-order valence-corrected chi connectivity index (χ3v) is 2.91. The van der Waals surface area contributed by atoms with Gasteiger partial charge in [0, 0.05) is 16.3 Å². The lowest BCUT2D eigenvalue weighted by Gasteiger charge is -2.12. The Hall–Kier alpha value is -2.00. The van der Waals surface area contributed by atoms with Crippen LogP contribution < -0.4 is 10.1 Å². The summed E-state index contributed by atoms with van der Waals surface area (Å²) < 4.78 is 5.26. The van der Waals surface area contributed by atoms with Crippen molar-refractivity contribution in [3.05, 3.63) is 53.1 Å². The van der Waals surface area contributed by atoms with E-state index in [1.54, 1.807) is 25.3 Å². The minimum absolute atomic E-state index is 0.0226. The van der Waals surface area contributed by atoms with E-state index < -0.39 is 0 Å². The first-order chi connectivity index (χ1) is 9.10. The number of ketones is 1. The quantitative estimate of drug-likeness (QED) is 0.846. The van der Waals surface area contributed by atoms with Crippen LogP contribution in [-0.2, 0) is 0 Å². The van der Waals surface area contributed by atoms with E-state index in [1.807, 2.05) is 24.3 Å². The average Bonchev–Trinajstić information content (AvgIpc) is 2.38. The van der Waals surface area contributed by atoms with Crippen LogP contribution in [0.15, 0.2) is 42.5 Å². The van der Waals surface area contributed by atoms with Crippen molar-refractivity contribution in [3.8, 4) is 5.75 Å². The molecule has 1 N–H and O–H groups in total. The Kier molecular flexibility index (Phi) is 4.07. The summed E-state index contributed by atoms with van der Waals surface area (Å²) in [6, 6.07) is 12.7. The zero-order chi connectivity index (χ0) is 13.8. The zero-order valence-electron chi connectivity index (χ0n) is 10.7. The van der Waals surface area contributed by atoms with Crippen LogP contribution in [0.25, 0.3) is 0 Å². The number of Topliss-reactive ketones (excluding diaryl/α,β-unsaturated/α-hetero) is 1. The van der Waals surface area contributed by atoms with E-state index in [1.165, 1.54) is 6.92 Å². The SMILES string of the molecule is COc1ccccc1Nc1cc(Cl)cc(C(C)=O)c1. The van der Waals surface area contributed by atoms with Crippen molar-refractivity contribution in [1.82, 2.24) is 0 Å². The third-order valence-electron chi connectivity index (χ3n) is 2.69. The lowest BCUT2D eigenvalue weighted by Crippen LogP contribution is -1.97. The van der Waals surface area contributed by atoms with Crippen LogP contribution in [0.5, 0.6) is 5.75 Å². The fraction of sp³-hybridized carbons (Fsp3) is 0.133. The second kappa shape index (κ2) is 5.76. The number of rotatable bonds is 4. The smallest absolute Gasteiger partial charge is 0.159 e. The van der Waals surface area contributed by atoms with Gasteiger partial charge in [-0.05, 0) is 37.3 Å². The highest BCUT2D eigenvalue weighted by Crippen LogP contribution is 2.29. The van der Waals surface area contributed by atoms with Gasteiger partial charge in [0.1, 0.15) is 5.75 Å². The first kappa shape index (κ1) is 13.4. The highest BCUT2D eigenvalue weighted by atomic mass is 35.5. The first-order valence-electron chi connectivity index (χ1n) is 5.81. The molecular weight excluding hydrogens is 262 g/mol. The molecule has 0 saturated carbocycles. The van der Waals surface area contributed by atoms with E-state index in [-0.39, 0.29) is 5.78 Å². The van der Waals surface area contributed by atoms with E-state index >= 15 is 0 Å². The Morgan fingerprint density at radius 1 is 1.21 bits per heavy atom. The fourth-order valence-corrected chi connectivity index (χ4v) is 2.00. The number of hydrogen-bond acceptors (Lipinski definition) is 3. The Balaban J connectivity index is 2.35. The molecule has 0 saturated heterocycles. The average molecular weight is 276 g/mol. The summed E-state index contributed by atoms with van der Waals surface area (Å²) in [4.78, 5) is 11.4. The molecule has 0 heterocycles. The Morgan fingerprint density at radius 3 is 2.63 bits per heavy atom. The van der Waals surface area contributed by atoms with Crippen LogP contribution in [0.1, 0.15) is 17.3 Å². The molecule has 0 aliphatic rings. The summed E-state index contributed by atoms with van der Waals surface area (Å²) in [6.07, 6.45) is 0. The fourth-order valence-electron chi connectivity index (χ4n) is 1.77. The third kappa shape index (κ3) is 3.26. The highest BCUT2D eigenvalue weighted by molar-refractivity contribution is 6.31. The molecule has 0 aliphatic heterocycles. The molecule has 0 bridgehead atoms. The number of halogens is 1. The minimum Gasteiger partial charge on any atom is -0.495 e. The van der Waals surface area contributed by atoms with Gasteiger partial charge in [0.15, 0.2) is 5.78 Å². The second-order valence-electron chi connectivity index (χ2n) is 4.11. The van der Waals surface area contributed by atoms with Gasteiger partial charge >= 0.3 is 0 Å². The largest absolute Gasteiger partial charge is 0.495 e. The van der Waals surface area contributed by atoms with Crippen molar-refractivity contribution in [1.29, 1.82) is 0 Å². The van der Waals surface area contributed by atoms with Gasteiger partial charge in [-0.2, -0.15) is 0 Å². The van der Waals surface area contributed by atoms with E-state index in [2.05, 4.69) is 5.32 Å². The van der Waals surface area contributed by atoms with Gasteiger partial charge in [0.25, 0.3) is 0 Å². The van der Waals surface area contributed by atoms with Crippen molar-refractivity contribution >= 4 is 28.8 Å². The van der Waals surface area contributed by atoms with Crippen LogP contribution in [0, 0.1) is 0 Å². The Labute approximate surface area is 117 Å². The number of methoxy groups -OCH3 is 1. The standard InChI is InChI=1S/C15H14ClNO2/c1-10(18)11-7-12(16)9-13(8-11)17-14-5-3-4-6-15(14)19-2/h3-9,17H,1-2H3. The molecule has 2 aromatic rings. The number of nitrogens with one attached hydrogen (secondary N) is 1. The normalized spacial score (nSPS) is 10.1. The van der Waals surface area contributed by atoms with Crippen molar-refractivity contribution < 1.29 is 9.53 Å². The number of carbonyl (C=O) groups excluding carboxylic acids is 1. The van der Waals surface area contributed by atoms with Crippen LogP contribution in [-0.4, -0.2) is 12.9 Å². The van der Waals surface area contributed by atoms with Gasteiger partial charge in [-0.25, -0.2) is 0 Å². The van der Waals surface area contributed by atoms with Gasteiger partial charge in [0.05, 0.1) is 12.8 Å². The first-order valence-corrected chi connectivity index (χ1v) is 6.19. The molecule has 3 nitrogen and oxygen atoms in total. The highest BCUT2D eigenvalue weighted by Gasteiger charge is 2.06. The van der Waals surface area contributed by atoms with Crippen LogP contribution >= 0.6 is 11.6 Å². The number of carbonyl (C=O) groups is 1. The van der Waals surface area contributed by atoms with Gasteiger partial charge in [0.2, 0.25) is 0 Å². The summed E-state index contributed by atoms with van der Waals surface area (Å²) in [5, 5.41) is 3.72. The monoisotopic (exact) mass is 275 g/mol. The molecule has 0 atom stereocenters. The molecule has 2 rings (SSSR count). The molecule has 0 amide bonds. The van der Waals surface area contributed by atoms with Gasteiger partial charge in [-0.1, -0.05) is 23.7 Å². The molecule has 0 radical (unpaired) electrons. The predicted octanol–water partition coefficient (Wildman–Crippen LogP) is 4.29. The van der Waals surface area contributed by atoms with Gasteiger partial charge < -0.3 is 10.1 Å². The molecule has 0 spiro atoms. The van der Waals surface area contributed by atoms with Crippen LogP contribution in [0.3, 0.4) is 0 Å². The van der Waals surface area contributed by atoms with E-state index in [4.69, 9.17) is 16.3 Å². The maximum absolute atomic E-state index is 11.4. The van der Waals surface area contributed by atoms with E-state index in [0.717, 1.165) is 17.1 Å². The van der Waals surface area contributed by atoms with Crippen molar-refractivity contribution in [2.75, 3.05) is 12.4 Å². The molecular formula is C15H14ClNO2. The second-order valence-corrected chi connectivity index (χ2v) is 4.55. The lowest BCUT2D eigenvalue weighted by molar-refractivity contribution is 0.101. The number of benzene rings is 2. The van der Waals surface area contributed by atoms with Crippen molar-refractivity contribution in [3.63, 3.8) is 0 Å². The molecule has 0 aromatic heterocycles. The van der Waals surface area contributed by atoms with Gasteiger partial charge in [-0.3, -0.25) is 4.79 Å². The number of anilines is 2. The molecule has 0 unspecified atom stereocenters. The zero-order valence-corrected chi connectivity index (χ0v) is 11.5. The minimum atomic E-state index is -0.0226. The Bertz CT molecular complexity index is 611. The van der Waals surface area contributed by atoms with E-state index in [0.29, 0.717) is 10.6 Å². The Morgan fingerprint density at radius 2 is 1.95 bits per heavy atom. The van der Waals surface area contributed by atoms with E-state index in [9.17, 15) is 4.79 Å². The summed E-state index contributed by atoms with van der Waals surface area (Å²) >= 11 is 6.01. The summed E-state index contributed by atoms with van der Waals surface area (Å²) in [5.74, 6) is 0.706. The van der Waals surface area contributed by atoms with Gasteiger partial charge in [-0.15, -0.1) is 0 Å². The topological polar surface area (TPSA) is 38.3 Å². The van der Waals surface area contributed by atoms with Crippen LogP contribution in [0.2, 0.25) is 5.02 Å². The predicted molar refractivity (Wildman–Crippen MR) is 77.7 cm³/mol. The maximum Gasteiger partial charge on any atom is 0.159 e. The number of ether oxygens (including phenoxy) is 1. The number of hydrogen-bond donors (Lipinski definition) is 1. The lowest BCUT2D eigenvalue weighted by atomic mass is 10.1. The maximum atomic E-state index is 11.4. The molecule has 98 valence electrons. The molecule has 19 heavy (non-hydrogen) atoms. The summed E-state index contributed by atoms with van der Waals surface area (Å²) in [6.45, 7) is 1.51. The molecule has 4 heteroatoms. The van der Waals surface area contributed by atoms with Crippen molar-refractivity contribution in [2.45, 2.75) is 6.92 Å². The molecule has 0 fully saturated rings. The summed E-state index contributed by atoms with van der Waals surface area (Å²) in [7, 11) is 1.61. The molecule has 2 aromatic carbocycles.